The summed E-state index contributed by atoms with van der Waals surface area (Å²) < 4.78 is 22.4. The second kappa shape index (κ2) is 6.95. The van der Waals surface area contributed by atoms with Crippen LogP contribution in [0.5, 0.6) is 0 Å². The summed E-state index contributed by atoms with van der Waals surface area (Å²) in [5.74, 6) is -0.577. The first-order valence-electron chi connectivity index (χ1n) is 5.11. The van der Waals surface area contributed by atoms with E-state index < -0.39 is 0 Å². The van der Waals surface area contributed by atoms with Gasteiger partial charge < -0.3 is 9.47 Å². The Bertz CT molecular complexity index is 339. The summed E-state index contributed by atoms with van der Waals surface area (Å²) in [6.45, 7) is 0.657. The van der Waals surface area contributed by atoms with Crippen LogP contribution in [0.4, 0.5) is 4.39 Å². The van der Waals surface area contributed by atoms with E-state index in [1.807, 2.05) is 0 Å². The topological polar surface area (TPSA) is 35.5 Å². The highest BCUT2D eigenvalue weighted by atomic mass is 19.1. The van der Waals surface area contributed by atoms with Crippen molar-refractivity contribution in [1.29, 1.82) is 0 Å². The molecule has 0 aliphatic carbocycles. The lowest BCUT2D eigenvalue weighted by Crippen LogP contribution is -2.10. The molecule has 1 aromatic rings. The van der Waals surface area contributed by atoms with Crippen molar-refractivity contribution in [1.82, 2.24) is 0 Å². The molecule has 0 amide bonds. The van der Waals surface area contributed by atoms with E-state index in [1.165, 1.54) is 12.1 Å². The zero-order valence-electron chi connectivity index (χ0n) is 9.24. The summed E-state index contributed by atoms with van der Waals surface area (Å²) in [5.41, 5.74) is 0.795. The largest absolute Gasteiger partial charge is 0.463 e. The van der Waals surface area contributed by atoms with Crippen LogP contribution >= 0.6 is 0 Å². The quantitative estimate of drug-likeness (QED) is 0.549. The summed E-state index contributed by atoms with van der Waals surface area (Å²) >= 11 is 0. The molecule has 0 aromatic heterocycles. The smallest absolute Gasteiger partial charge is 0.306 e. The maximum absolute atomic E-state index is 12.8. The van der Waals surface area contributed by atoms with Crippen LogP contribution in [0.15, 0.2) is 24.3 Å². The zero-order valence-corrected chi connectivity index (χ0v) is 9.24. The molecule has 16 heavy (non-hydrogen) atoms. The van der Waals surface area contributed by atoms with Gasteiger partial charge in [0.05, 0.1) is 6.61 Å². The highest BCUT2D eigenvalue weighted by Crippen LogP contribution is 2.06. The van der Waals surface area contributed by atoms with Gasteiger partial charge in [-0.25, -0.2) is 4.39 Å². The summed E-state index contributed by atoms with van der Waals surface area (Å²) in [6, 6.07) is 6.20. The van der Waals surface area contributed by atoms with Gasteiger partial charge in [0, 0.05) is 13.5 Å². The third-order valence-electron chi connectivity index (χ3n) is 2.06. The number of aryl methyl sites for hydroxylation is 1. The summed E-state index contributed by atoms with van der Waals surface area (Å²) in [5, 5.41) is 0. The van der Waals surface area contributed by atoms with Gasteiger partial charge in [-0.2, -0.15) is 0 Å². The lowest BCUT2D eigenvalue weighted by atomic mass is 10.1. The summed E-state index contributed by atoms with van der Waals surface area (Å²) in [7, 11) is 1.54. The molecule has 0 radical (unpaired) electrons. The molecule has 0 unspecified atom stereocenters. The molecule has 0 bridgehead atoms. The Morgan fingerprint density at radius 2 is 2.19 bits per heavy atom. The van der Waals surface area contributed by atoms with Gasteiger partial charge in [-0.1, -0.05) is 12.1 Å². The molecule has 0 N–H and O–H groups in total. The number of hydrogen-bond acceptors (Lipinski definition) is 3. The van der Waals surface area contributed by atoms with Gasteiger partial charge in [0.15, 0.2) is 0 Å². The third-order valence-corrected chi connectivity index (χ3v) is 2.06. The molecule has 0 atom stereocenters. The fraction of sp³-hybridized carbons (Fsp3) is 0.417. The number of carbonyl (C=O) groups is 1. The maximum Gasteiger partial charge on any atom is 0.306 e. The summed E-state index contributed by atoms with van der Waals surface area (Å²) in [4.78, 5) is 11.2. The monoisotopic (exact) mass is 226 g/mol. The molecule has 0 saturated carbocycles. The summed E-state index contributed by atoms with van der Waals surface area (Å²) in [6.07, 6.45) is 0.747. The number of halogens is 1. The Hall–Kier alpha value is -1.42. The molecule has 0 saturated heterocycles. The SMILES string of the molecule is COCCOC(=O)CCc1cccc(F)c1. The first-order valence-corrected chi connectivity index (χ1v) is 5.11. The van der Waals surface area contributed by atoms with Gasteiger partial charge in [-0.3, -0.25) is 4.79 Å². The van der Waals surface area contributed by atoms with Crippen molar-refractivity contribution in [2.45, 2.75) is 12.8 Å². The highest BCUT2D eigenvalue weighted by molar-refractivity contribution is 5.69. The van der Waals surface area contributed by atoms with Gasteiger partial charge in [0.1, 0.15) is 12.4 Å². The van der Waals surface area contributed by atoms with Crippen molar-refractivity contribution in [3.8, 4) is 0 Å². The minimum atomic E-state index is -0.290. The lowest BCUT2D eigenvalue weighted by Gasteiger charge is -2.04. The molecule has 0 fully saturated rings. The van der Waals surface area contributed by atoms with Crippen molar-refractivity contribution in [3.05, 3.63) is 35.6 Å². The molecule has 88 valence electrons. The van der Waals surface area contributed by atoms with Crippen molar-refractivity contribution in [2.75, 3.05) is 20.3 Å². The van der Waals surface area contributed by atoms with Crippen LogP contribution < -0.4 is 0 Å². The van der Waals surface area contributed by atoms with Crippen LogP contribution in [0, 0.1) is 5.82 Å². The predicted molar refractivity (Wildman–Crippen MR) is 57.6 cm³/mol. The molecule has 4 heteroatoms. The Morgan fingerprint density at radius 1 is 1.38 bits per heavy atom. The first kappa shape index (κ1) is 12.6. The molecule has 1 aromatic carbocycles. The van der Waals surface area contributed by atoms with Crippen molar-refractivity contribution >= 4 is 5.97 Å². The highest BCUT2D eigenvalue weighted by Gasteiger charge is 2.03. The van der Waals surface area contributed by atoms with Crippen molar-refractivity contribution in [2.24, 2.45) is 0 Å². The zero-order chi connectivity index (χ0) is 11.8. The van der Waals surface area contributed by atoms with Gasteiger partial charge in [0.25, 0.3) is 0 Å². The normalized spacial score (nSPS) is 10.1. The van der Waals surface area contributed by atoms with Gasteiger partial charge >= 0.3 is 5.97 Å². The first-order chi connectivity index (χ1) is 7.72. The van der Waals surface area contributed by atoms with E-state index in [0.29, 0.717) is 13.0 Å². The fourth-order valence-corrected chi connectivity index (χ4v) is 1.25. The second-order valence-corrected chi connectivity index (χ2v) is 3.34. The third kappa shape index (κ3) is 4.89. The van der Waals surface area contributed by atoms with Crippen LogP contribution in [-0.4, -0.2) is 26.3 Å². The van der Waals surface area contributed by atoms with E-state index >= 15 is 0 Å². The standard InChI is InChI=1S/C12H15FO3/c1-15-7-8-16-12(14)6-5-10-3-2-4-11(13)9-10/h2-4,9H,5-8H2,1H3. The van der Waals surface area contributed by atoms with Gasteiger partial charge in [-0.05, 0) is 24.1 Å². The van der Waals surface area contributed by atoms with Crippen LogP contribution in [0.2, 0.25) is 0 Å². The Labute approximate surface area is 94.2 Å². The number of benzene rings is 1. The lowest BCUT2D eigenvalue weighted by molar-refractivity contribution is -0.144. The van der Waals surface area contributed by atoms with Crippen LogP contribution in [0.25, 0.3) is 0 Å². The Balaban J connectivity index is 2.26. The number of carbonyl (C=O) groups excluding carboxylic acids is 1. The van der Waals surface area contributed by atoms with E-state index in [2.05, 4.69) is 0 Å². The predicted octanol–water partition coefficient (Wildman–Crippen LogP) is 1.95. The number of rotatable bonds is 6. The molecule has 0 aliphatic heterocycles. The Morgan fingerprint density at radius 3 is 2.88 bits per heavy atom. The van der Waals surface area contributed by atoms with E-state index in [9.17, 15) is 9.18 Å². The number of hydrogen-bond donors (Lipinski definition) is 0. The molecule has 0 heterocycles. The second-order valence-electron chi connectivity index (χ2n) is 3.34. The van der Waals surface area contributed by atoms with Gasteiger partial charge in [0.2, 0.25) is 0 Å². The average Bonchev–Trinajstić information content (AvgIpc) is 2.27. The van der Waals surface area contributed by atoms with Crippen LogP contribution in [-0.2, 0) is 20.7 Å². The molecule has 0 aliphatic rings. The van der Waals surface area contributed by atoms with Crippen molar-refractivity contribution < 1.29 is 18.7 Å². The number of methoxy groups -OCH3 is 1. The Kier molecular flexibility index (Phi) is 5.50. The molecule has 0 spiro atoms. The average molecular weight is 226 g/mol. The van der Waals surface area contributed by atoms with Crippen molar-refractivity contribution in [3.63, 3.8) is 0 Å². The van der Waals surface area contributed by atoms with E-state index in [0.717, 1.165) is 5.56 Å². The van der Waals surface area contributed by atoms with E-state index in [4.69, 9.17) is 9.47 Å². The van der Waals surface area contributed by atoms with E-state index in [1.54, 1.807) is 19.2 Å². The van der Waals surface area contributed by atoms with Crippen LogP contribution in [0.1, 0.15) is 12.0 Å². The maximum atomic E-state index is 12.8. The fourth-order valence-electron chi connectivity index (χ4n) is 1.25. The number of ether oxygens (including phenoxy) is 2. The van der Waals surface area contributed by atoms with Gasteiger partial charge in [-0.15, -0.1) is 0 Å². The molecule has 1 rings (SSSR count). The minimum Gasteiger partial charge on any atom is -0.463 e. The molecule has 3 nitrogen and oxygen atoms in total. The molecular formula is C12H15FO3. The van der Waals surface area contributed by atoms with E-state index in [-0.39, 0.29) is 24.8 Å². The molecular weight excluding hydrogens is 211 g/mol. The number of esters is 1. The van der Waals surface area contributed by atoms with Crippen LogP contribution in [0.3, 0.4) is 0 Å². The minimum absolute atomic E-state index is 0.257.